The van der Waals surface area contributed by atoms with Crippen molar-refractivity contribution in [2.75, 3.05) is 0 Å². The summed E-state index contributed by atoms with van der Waals surface area (Å²) in [5.41, 5.74) is -0.352. The van der Waals surface area contributed by atoms with E-state index in [-0.39, 0.29) is 40.1 Å². The molecule has 100 valence electrons. The van der Waals surface area contributed by atoms with Gasteiger partial charge in [-0.05, 0) is 6.07 Å². The van der Waals surface area contributed by atoms with Crippen LogP contribution >= 0.6 is 11.6 Å². The summed E-state index contributed by atoms with van der Waals surface area (Å²) in [7, 11) is 0. The maximum atomic E-state index is 14.1. The molecule has 1 aliphatic rings. The van der Waals surface area contributed by atoms with Gasteiger partial charge in [-0.15, -0.1) is 11.6 Å². The zero-order valence-corrected chi connectivity index (χ0v) is 10.3. The zero-order valence-electron chi connectivity index (χ0n) is 9.54. The van der Waals surface area contributed by atoms with Crippen molar-refractivity contribution in [1.82, 2.24) is 4.98 Å². The van der Waals surface area contributed by atoms with E-state index in [1.54, 1.807) is 0 Å². The van der Waals surface area contributed by atoms with Crippen LogP contribution in [0.15, 0.2) is 16.9 Å². The molecule has 0 atom stereocenters. The summed E-state index contributed by atoms with van der Waals surface area (Å²) in [6.07, 6.45) is -0.369. The molecule has 3 rings (SSSR count). The first-order valence-electron chi connectivity index (χ1n) is 5.49. The minimum atomic E-state index is -2.44. The Kier molecular flexibility index (Phi) is 2.57. The molecule has 1 aliphatic heterocycles. The normalized spacial score (nSPS) is 16.4. The summed E-state index contributed by atoms with van der Waals surface area (Å²) in [5, 5.41) is 19.1. The van der Waals surface area contributed by atoms with Gasteiger partial charge in [-0.2, -0.15) is 0 Å². The second kappa shape index (κ2) is 3.93. The number of rotatable bonds is 1. The van der Waals surface area contributed by atoms with E-state index in [9.17, 15) is 19.4 Å². The van der Waals surface area contributed by atoms with Gasteiger partial charge >= 0.3 is 5.97 Å². The van der Waals surface area contributed by atoms with Gasteiger partial charge < -0.3 is 19.9 Å². The minimum absolute atomic E-state index is 0.0104. The molecule has 2 aromatic rings. The first kappa shape index (κ1) is 12.4. The van der Waals surface area contributed by atoms with E-state index in [1.165, 1.54) is 12.1 Å². The first-order valence-corrected chi connectivity index (χ1v) is 6.02. The highest BCUT2D eigenvalue weighted by Crippen LogP contribution is 2.37. The lowest BCUT2D eigenvalue weighted by Gasteiger charge is -2.14. The quantitative estimate of drug-likeness (QED) is 0.539. The van der Waals surface area contributed by atoms with Crippen LogP contribution in [0.4, 0.5) is 4.39 Å². The Bertz CT molecular complexity index is 741. The Morgan fingerprint density at radius 1 is 1.47 bits per heavy atom. The number of halogens is 2. The second-order valence-corrected chi connectivity index (χ2v) is 4.65. The smallest absolute Gasteiger partial charge is 0.326 e. The van der Waals surface area contributed by atoms with E-state index >= 15 is 0 Å². The third-order valence-corrected chi connectivity index (χ3v) is 3.36. The van der Waals surface area contributed by atoms with Crippen molar-refractivity contribution < 1.29 is 19.3 Å². The lowest BCUT2D eigenvalue weighted by atomic mass is 10.1. The summed E-state index contributed by atoms with van der Waals surface area (Å²) in [6, 6.07) is 2.98. The van der Waals surface area contributed by atoms with Crippen LogP contribution in [0.3, 0.4) is 0 Å². The molecule has 19 heavy (non-hydrogen) atoms. The van der Waals surface area contributed by atoms with Crippen molar-refractivity contribution in [3.05, 3.63) is 39.4 Å². The van der Waals surface area contributed by atoms with Gasteiger partial charge in [0.2, 0.25) is 0 Å². The number of hydrogen-bond donors (Lipinski definition) is 3. The number of pyridine rings is 1. The number of aromatic nitrogens is 1. The molecule has 0 radical (unpaired) electrons. The average molecular weight is 286 g/mol. The van der Waals surface area contributed by atoms with Crippen LogP contribution in [0, 0.1) is 5.82 Å². The van der Waals surface area contributed by atoms with Crippen LogP contribution in [0.2, 0.25) is 0 Å². The highest BCUT2D eigenvalue weighted by Gasteiger charge is 2.38. The van der Waals surface area contributed by atoms with Crippen molar-refractivity contribution in [2.45, 2.75) is 18.3 Å². The number of fused-ring (bicyclic) bond motifs is 3. The Hall–Kier alpha value is -1.63. The van der Waals surface area contributed by atoms with Gasteiger partial charge in [0, 0.05) is 10.9 Å². The number of alkyl halides is 1. The van der Waals surface area contributed by atoms with Crippen LogP contribution in [-0.2, 0) is 12.3 Å². The van der Waals surface area contributed by atoms with Gasteiger partial charge in [0.15, 0.2) is 5.82 Å². The standard InChI is InChI=1S/C12H9ClFNO4/c13-4-5-1-2-6-9(8(5)14)15-11(16)7-3-12(17,18)19-10(6)7/h1-2,17-18H,3-4H2,(H,15,16). The number of benzene rings is 1. The third-order valence-electron chi connectivity index (χ3n) is 3.07. The molecule has 1 aromatic carbocycles. The molecule has 0 aliphatic carbocycles. The average Bonchev–Trinajstić information content (AvgIpc) is 2.67. The summed E-state index contributed by atoms with van der Waals surface area (Å²) in [6.45, 7) is 0. The maximum absolute atomic E-state index is 14.1. The molecule has 2 heterocycles. The number of ether oxygens (including phenoxy) is 1. The maximum Gasteiger partial charge on any atom is 0.326 e. The lowest BCUT2D eigenvalue weighted by Crippen LogP contribution is -2.33. The van der Waals surface area contributed by atoms with Crippen molar-refractivity contribution in [3.63, 3.8) is 0 Å². The fourth-order valence-corrected chi connectivity index (χ4v) is 2.40. The van der Waals surface area contributed by atoms with Crippen LogP contribution < -0.4 is 10.3 Å². The number of aliphatic hydroxyl groups is 2. The lowest BCUT2D eigenvalue weighted by molar-refractivity contribution is -0.278. The van der Waals surface area contributed by atoms with Gasteiger partial charge in [-0.1, -0.05) is 6.07 Å². The molecule has 1 aromatic heterocycles. The van der Waals surface area contributed by atoms with Crippen molar-refractivity contribution in [2.24, 2.45) is 0 Å². The Morgan fingerprint density at radius 3 is 2.89 bits per heavy atom. The van der Waals surface area contributed by atoms with Gasteiger partial charge in [0.25, 0.3) is 5.56 Å². The summed E-state index contributed by atoms with van der Waals surface area (Å²) in [5.74, 6) is -3.13. The molecule has 7 heteroatoms. The van der Waals surface area contributed by atoms with E-state index in [0.29, 0.717) is 0 Å². The highest BCUT2D eigenvalue weighted by atomic mass is 35.5. The van der Waals surface area contributed by atoms with Gasteiger partial charge in [-0.3, -0.25) is 4.79 Å². The van der Waals surface area contributed by atoms with E-state index < -0.39 is 17.3 Å². The Labute approximate surface area is 111 Å². The Balaban J connectivity index is 2.38. The molecule has 0 fully saturated rings. The molecule has 0 saturated carbocycles. The van der Waals surface area contributed by atoms with Gasteiger partial charge in [0.1, 0.15) is 5.75 Å². The van der Waals surface area contributed by atoms with Crippen LogP contribution in [-0.4, -0.2) is 21.2 Å². The molecule has 0 unspecified atom stereocenters. The fourth-order valence-electron chi connectivity index (χ4n) is 2.20. The molecule has 0 saturated heterocycles. The molecule has 5 nitrogen and oxygen atoms in total. The predicted molar refractivity (Wildman–Crippen MR) is 65.6 cm³/mol. The second-order valence-electron chi connectivity index (χ2n) is 4.38. The number of aromatic amines is 1. The van der Waals surface area contributed by atoms with Gasteiger partial charge in [0.05, 0.1) is 23.4 Å². The van der Waals surface area contributed by atoms with E-state index in [0.717, 1.165) is 0 Å². The summed E-state index contributed by atoms with van der Waals surface area (Å²) in [4.78, 5) is 14.2. The molecule has 0 spiro atoms. The van der Waals surface area contributed by atoms with E-state index in [4.69, 9.17) is 16.3 Å². The minimum Gasteiger partial charge on any atom is -0.438 e. The fraction of sp³-hybridized carbons (Fsp3) is 0.250. The first-order chi connectivity index (χ1) is 8.93. The van der Waals surface area contributed by atoms with Crippen molar-refractivity contribution in [3.8, 4) is 5.75 Å². The SMILES string of the molecule is O=c1[nH]c2c(F)c(CCl)ccc2c2c1CC(O)(O)O2. The van der Waals surface area contributed by atoms with Crippen LogP contribution in [0.25, 0.3) is 10.9 Å². The highest BCUT2D eigenvalue weighted by molar-refractivity contribution is 6.17. The van der Waals surface area contributed by atoms with Crippen LogP contribution in [0.5, 0.6) is 5.75 Å². The van der Waals surface area contributed by atoms with E-state index in [1.807, 2.05) is 0 Å². The molecular weight excluding hydrogens is 277 g/mol. The molecule has 0 amide bonds. The van der Waals surface area contributed by atoms with Gasteiger partial charge in [-0.25, -0.2) is 4.39 Å². The number of hydrogen-bond acceptors (Lipinski definition) is 4. The van der Waals surface area contributed by atoms with Crippen LogP contribution in [0.1, 0.15) is 11.1 Å². The molecule has 3 N–H and O–H groups in total. The predicted octanol–water partition coefficient (Wildman–Crippen LogP) is 0.979. The Morgan fingerprint density at radius 2 is 2.21 bits per heavy atom. The number of nitrogens with one attached hydrogen (secondary N) is 1. The van der Waals surface area contributed by atoms with E-state index in [2.05, 4.69) is 4.98 Å². The molecular formula is C12H9ClFNO4. The molecule has 0 bridgehead atoms. The topological polar surface area (TPSA) is 82.6 Å². The summed E-state index contributed by atoms with van der Waals surface area (Å²) < 4.78 is 19.0. The summed E-state index contributed by atoms with van der Waals surface area (Å²) >= 11 is 5.59. The van der Waals surface area contributed by atoms with Crippen molar-refractivity contribution >= 4 is 22.5 Å². The zero-order chi connectivity index (χ0) is 13.8. The largest absolute Gasteiger partial charge is 0.438 e. The monoisotopic (exact) mass is 285 g/mol. The third kappa shape index (κ3) is 1.80. The van der Waals surface area contributed by atoms with Crippen molar-refractivity contribution in [1.29, 1.82) is 0 Å². The number of H-pyrrole nitrogens is 1.